The Bertz CT molecular complexity index is 1170. The molecule has 2 aliphatic heterocycles. The van der Waals surface area contributed by atoms with Crippen molar-refractivity contribution in [3.63, 3.8) is 0 Å². The van der Waals surface area contributed by atoms with Gasteiger partial charge in [0.25, 0.3) is 0 Å². The second-order valence-corrected chi connectivity index (χ2v) is 8.15. The summed E-state index contributed by atoms with van der Waals surface area (Å²) in [4.78, 5) is 19.7. The first kappa shape index (κ1) is 19.9. The molecular formula is C21H18ClFN4O4. The molecule has 0 amide bonds. The minimum Gasteiger partial charge on any atom is -0.483 e. The number of fused-ring (bicyclic) bond motifs is 3. The third kappa shape index (κ3) is 3.98. The number of nitro benzene ring substituents is 1. The van der Waals surface area contributed by atoms with Gasteiger partial charge >= 0.3 is 5.69 Å². The molecule has 0 radical (unpaired) electrons. The van der Waals surface area contributed by atoms with Crippen molar-refractivity contribution in [2.45, 2.75) is 44.0 Å². The summed E-state index contributed by atoms with van der Waals surface area (Å²) in [5, 5.41) is 15.2. The molecule has 2 fully saturated rings. The Morgan fingerprint density at radius 1 is 1.19 bits per heavy atom. The first-order chi connectivity index (χ1) is 15.0. The lowest BCUT2D eigenvalue weighted by Gasteiger charge is -2.28. The number of ether oxygens (including phenoxy) is 2. The third-order valence-corrected chi connectivity index (χ3v) is 5.93. The Labute approximate surface area is 181 Å². The predicted molar refractivity (Wildman–Crippen MR) is 112 cm³/mol. The molecule has 3 aromatic rings. The summed E-state index contributed by atoms with van der Waals surface area (Å²) in [6.45, 7) is 0. The van der Waals surface area contributed by atoms with Gasteiger partial charge in [0.1, 0.15) is 24.1 Å². The molecular weight excluding hydrogens is 427 g/mol. The molecule has 1 aromatic heterocycles. The summed E-state index contributed by atoms with van der Waals surface area (Å²) in [5.41, 5.74) is 0.815. The quantitative estimate of drug-likeness (QED) is 0.428. The first-order valence-corrected chi connectivity index (χ1v) is 10.3. The van der Waals surface area contributed by atoms with Crippen LogP contribution < -0.4 is 10.1 Å². The summed E-state index contributed by atoms with van der Waals surface area (Å²) in [7, 11) is 0. The Kier molecular flexibility index (Phi) is 5.07. The van der Waals surface area contributed by atoms with E-state index in [9.17, 15) is 14.5 Å². The number of aromatic nitrogens is 2. The topological polar surface area (TPSA) is 99.4 Å². The lowest BCUT2D eigenvalue weighted by atomic mass is 10.1. The van der Waals surface area contributed by atoms with Crippen LogP contribution in [-0.2, 0) is 4.74 Å². The number of benzene rings is 2. The van der Waals surface area contributed by atoms with Gasteiger partial charge in [0, 0.05) is 30.7 Å². The fraction of sp³-hybridized carbons (Fsp3) is 0.333. The minimum absolute atomic E-state index is 0.0459. The van der Waals surface area contributed by atoms with Crippen LogP contribution in [-0.4, -0.2) is 33.2 Å². The highest BCUT2D eigenvalue weighted by atomic mass is 35.5. The monoisotopic (exact) mass is 444 g/mol. The minimum atomic E-state index is -0.543. The molecule has 1 N–H and O–H groups in total. The Morgan fingerprint density at radius 3 is 2.68 bits per heavy atom. The van der Waals surface area contributed by atoms with Crippen LogP contribution in [0.1, 0.15) is 25.7 Å². The summed E-state index contributed by atoms with van der Waals surface area (Å²) < 4.78 is 25.3. The maximum atomic E-state index is 13.4. The molecule has 2 atom stereocenters. The van der Waals surface area contributed by atoms with Crippen molar-refractivity contribution in [3.05, 3.63) is 57.6 Å². The van der Waals surface area contributed by atoms with Gasteiger partial charge in [-0.3, -0.25) is 10.1 Å². The second kappa shape index (κ2) is 7.90. The normalized spacial score (nSPS) is 22.5. The number of hydrogen-bond donors (Lipinski definition) is 1. The van der Waals surface area contributed by atoms with Gasteiger partial charge in [0.2, 0.25) is 0 Å². The van der Waals surface area contributed by atoms with Crippen LogP contribution in [0.25, 0.3) is 10.9 Å². The Morgan fingerprint density at radius 2 is 1.97 bits per heavy atom. The molecule has 0 saturated carbocycles. The van der Waals surface area contributed by atoms with E-state index in [1.54, 1.807) is 6.07 Å². The molecule has 2 unspecified atom stereocenters. The molecule has 10 heteroatoms. The van der Waals surface area contributed by atoms with Gasteiger partial charge in [-0.25, -0.2) is 14.4 Å². The van der Waals surface area contributed by atoms with Gasteiger partial charge in [-0.15, -0.1) is 0 Å². The summed E-state index contributed by atoms with van der Waals surface area (Å²) >= 11 is 5.84. The van der Waals surface area contributed by atoms with Crippen molar-refractivity contribution in [2.24, 2.45) is 0 Å². The zero-order valence-corrected chi connectivity index (χ0v) is 17.0. The number of nitrogens with one attached hydrogen (secondary N) is 1. The smallest absolute Gasteiger partial charge is 0.311 e. The Balaban J connectivity index is 1.49. The van der Waals surface area contributed by atoms with E-state index in [1.165, 1.54) is 30.6 Å². The third-order valence-electron chi connectivity index (χ3n) is 5.64. The number of rotatable bonds is 5. The molecule has 160 valence electrons. The van der Waals surface area contributed by atoms with Crippen molar-refractivity contribution >= 4 is 39.7 Å². The maximum Gasteiger partial charge on any atom is 0.311 e. The number of halogens is 2. The standard InChI is InChI=1S/C21H18ClFN4O4/c22-16-5-11(1-4-17(16)23)26-21-15-8-19(27(28)29)20(9-18(15)24-10-25-21)31-14-6-12-2-3-13(7-14)30-12/h1,4-5,8-10,12-14H,2-3,6-7H2,(H,24,25,26). The first-order valence-electron chi connectivity index (χ1n) is 9.93. The van der Waals surface area contributed by atoms with Crippen LogP contribution in [0.3, 0.4) is 0 Å². The molecule has 5 rings (SSSR count). The fourth-order valence-corrected chi connectivity index (χ4v) is 4.39. The van der Waals surface area contributed by atoms with E-state index in [2.05, 4.69) is 15.3 Å². The zero-order chi connectivity index (χ0) is 21.5. The molecule has 0 aliphatic carbocycles. The molecule has 31 heavy (non-hydrogen) atoms. The molecule has 2 aliphatic rings. The van der Waals surface area contributed by atoms with E-state index in [4.69, 9.17) is 21.1 Å². The van der Waals surface area contributed by atoms with Gasteiger partial charge in [-0.05, 0) is 31.0 Å². The van der Waals surface area contributed by atoms with Crippen LogP contribution in [0.4, 0.5) is 21.6 Å². The van der Waals surface area contributed by atoms with Crippen LogP contribution in [0.2, 0.25) is 5.02 Å². The molecule has 2 saturated heterocycles. The molecule has 2 bridgehead atoms. The van der Waals surface area contributed by atoms with Crippen molar-refractivity contribution < 1.29 is 18.8 Å². The molecule has 2 aromatic carbocycles. The summed E-state index contributed by atoms with van der Waals surface area (Å²) in [6, 6.07) is 7.10. The van der Waals surface area contributed by atoms with Gasteiger partial charge in [0.15, 0.2) is 5.75 Å². The van der Waals surface area contributed by atoms with E-state index in [1.807, 2.05) is 0 Å². The molecule has 3 heterocycles. The van der Waals surface area contributed by atoms with E-state index < -0.39 is 10.7 Å². The van der Waals surface area contributed by atoms with Gasteiger partial charge in [-0.2, -0.15) is 0 Å². The van der Waals surface area contributed by atoms with Gasteiger partial charge in [0.05, 0.1) is 33.1 Å². The van der Waals surface area contributed by atoms with Crippen molar-refractivity contribution in [3.8, 4) is 5.75 Å². The van der Waals surface area contributed by atoms with E-state index in [0.29, 0.717) is 35.2 Å². The van der Waals surface area contributed by atoms with Crippen LogP contribution in [0, 0.1) is 15.9 Å². The van der Waals surface area contributed by atoms with Gasteiger partial charge in [-0.1, -0.05) is 11.6 Å². The maximum absolute atomic E-state index is 13.4. The second-order valence-electron chi connectivity index (χ2n) is 7.74. The highest BCUT2D eigenvalue weighted by molar-refractivity contribution is 6.31. The number of hydrogen-bond acceptors (Lipinski definition) is 7. The van der Waals surface area contributed by atoms with E-state index >= 15 is 0 Å². The lowest BCUT2D eigenvalue weighted by molar-refractivity contribution is -0.386. The van der Waals surface area contributed by atoms with Crippen molar-refractivity contribution in [2.75, 3.05) is 5.32 Å². The van der Waals surface area contributed by atoms with Crippen LogP contribution in [0.15, 0.2) is 36.7 Å². The number of nitro groups is 1. The Hall–Kier alpha value is -3.04. The SMILES string of the molecule is O=[N+]([O-])c1cc2c(Nc3ccc(F)c(Cl)c3)ncnc2cc1OC1CC2CCC(C1)O2. The summed E-state index contributed by atoms with van der Waals surface area (Å²) in [6.07, 6.45) is 4.96. The fourth-order valence-electron chi connectivity index (χ4n) is 4.21. The van der Waals surface area contributed by atoms with Crippen LogP contribution >= 0.6 is 11.6 Å². The lowest BCUT2D eigenvalue weighted by Crippen LogP contribution is -2.32. The predicted octanol–water partition coefficient (Wildman–Crippen LogP) is 5.16. The summed E-state index contributed by atoms with van der Waals surface area (Å²) in [5.74, 6) is -0.0246. The van der Waals surface area contributed by atoms with E-state index in [-0.39, 0.29) is 34.8 Å². The van der Waals surface area contributed by atoms with Gasteiger partial charge < -0.3 is 14.8 Å². The highest BCUT2D eigenvalue weighted by Crippen LogP contribution is 2.39. The van der Waals surface area contributed by atoms with Crippen LogP contribution in [0.5, 0.6) is 5.75 Å². The zero-order valence-electron chi connectivity index (χ0n) is 16.3. The molecule has 8 nitrogen and oxygen atoms in total. The largest absolute Gasteiger partial charge is 0.483 e. The number of anilines is 2. The highest BCUT2D eigenvalue weighted by Gasteiger charge is 2.37. The van der Waals surface area contributed by atoms with Crippen molar-refractivity contribution in [1.82, 2.24) is 9.97 Å². The average Bonchev–Trinajstić information content (AvgIpc) is 3.08. The number of nitrogens with zero attached hydrogens (tertiary/aromatic N) is 3. The average molecular weight is 445 g/mol. The van der Waals surface area contributed by atoms with E-state index in [0.717, 1.165) is 12.8 Å². The molecule has 0 spiro atoms. The van der Waals surface area contributed by atoms with Crippen molar-refractivity contribution in [1.29, 1.82) is 0 Å².